The lowest BCUT2D eigenvalue weighted by atomic mass is 9.80. The highest BCUT2D eigenvalue weighted by atomic mass is 32.2. The zero-order valence-electron chi connectivity index (χ0n) is 7.50. The summed E-state index contributed by atoms with van der Waals surface area (Å²) in [6, 6.07) is 0. The Hall–Kier alpha value is -0.510. The van der Waals surface area contributed by atoms with Gasteiger partial charge in [0.15, 0.2) is 4.75 Å². The van der Waals surface area contributed by atoms with Gasteiger partial charge in [0, 0.05) is 6.21 Å². The topological polar surface area (TPSA) is 49.7 Å². The molecule has 68 valence electrons. The van der Waals surface area contributed by atoms with Gasteiger partial charge in [-0.15, -0.1) is 11.8 Å². The molecule has 0 saturated heterocycles. The van der Waals surface area contributed by atoms with Gasteiger partial charge < -0.3 is 5.11 Å². The minimum absolute atomic E-state index is 0.288. The van der Waals surface area contributed by atoms with Crippen LogP contribution in [0.25, 0.3) is 0 Å². The van der Waals surface area contributed by atoms with E-state index in [1.807, 2.05) is 20.8 Å². The second kappa shape index (κ2) is 2.76. The second-order valence-corrected chi connectivity index (χ2v) is 5.07. The molecule has 0 aliphatic carbocycles. The minimum atomic E-state index is -0.826. The number of carboxylic acids is 1. The molecule has 1 aliphatic rings. The Morgan fingerprint density at radius 3 is 2.42 bits per heavy atom. The first kappa shape index (κ1) is 9.58. The number of hydrogen-bond acceptors (Lipinski definition) is 3. The van der Waals surface area contributed by atoms with Crippen molar-refractivity contribution in [1.82, 2.24) is 0 Å². The first-order valence-corrected chi connectivity index (χ1v) is 4.77. The molecular formula is C8H13NO2S. The van der Waals surface area contributed by atoms with E-state index < -0.39 is 10.7 Å². The second-order valence-electron chi connectivity index (χ2n) is 3.88. The molecule has 1 rings (SSSR count). The molecule has 0 aromatic carbocycles. The first-order chi connectivity index (χ1) is 5.40. The number of thioether (sulfide) groups is 1. The normalized spacial score (nSPS) is 29.2. The maximum atomic E-state index is 11.1. The summed E-state index contributed by atoms with van der Waals surface area (Å²) in [5, 5.41) is 9.09. The third kappa shape index (κ3) is 1.24. The molecule has 1 aliphatic heterocycles. The van der Waals surface area contributed by atoms with Crippen LogP contribution in [0.5, 0.6) is 0 Å². The number of aliphatic imine (C=N–C) groups is 1. The highest BCUT2D eigenvalue weighted by molar-refractivity contribution is 8.02. The van der Waals surface area contributed by atoms with Crippen molar-refractivity contribution in [3.63, 3.8) is 0 Å². The Morgan fingerprint density at radius 1 is 1.67 bits per heavy atom. The Kier molecular flexibility index (Phi) is 2.21. The largest absolute Gasteiger partial charge is 0.480 e. The molecule has 3 nitrogen and oxygen atoms in total. The van der Waals surface area contributed by atoms with Gasteiger partial charge in [-0.1, -0.05) is 20.8 Å². The Balaban J connectivity index is 3.04. The van der Waals surface area contributed by atoms with Crippen LogP contribution in [0.2, 0.25) is 0 Å². The van der Waals surface area contributed by atoms with Crippen LogP contribution >= 0.6 is 11.8 Å². The molecular weight excluding hydrogens is 174 g/mol. The van der Waals surface area contributed by atoms with Gasteiger partial charge in [0.05, 0.1) is 5.88 Å². The number of rotatable bonds is 1. The number of nitrogens with zero attached hydrogens (tertiary/aromatic N) is 1. The monoisotopic (exact) mass is 187 g/mol. The molecule has 4 heteroatoms. The Bertz CT molecular complexity index is 232. The van der Waals surface area contributed by atoms with Crippen LogP contribution in [0.3, 0.4) is 0 Å². The van der Waals surface area contributed by atoms with Crippen molar-refractivity contribution in [2.24, 2.45) is 10.4 Å². The molecule has 0 aromatic heterocycles. The summed E-state index contributed by atoms with van der Waals surface area (Å²) < 4.78 is -0.826. The van der Waals surface area contributed by atoms with Gasteiger partial charge >= 0.3 is 5.97 Å². The fourth-order valence-electron chi connectivity index (χ4n) is 1.19. The summed E-state index contributed by atoms with van der Waals surface area (Å²) in [7, 11) is 0. The van der Waals surface area contributed by atoms with Crippen molar-refractivity contribution in [2.75, 3.05) is 5.88 Å². The zero-order valence-corrected chi connectivity index (χ0v) is 8.31. The van der Waals surface area contributed by atoms with Crippen LogP contribution < -0.4 is 0 Å². The van der Waals surface area contributed by atoms with E-state index in [2.05, 4.69) is 4.99 Å². The third-order valence-electron chi connectivity index (χ3n) is 2.07. The van der Waals surface area contributed by atoms with Crippen molar-refractivity contribution >= 4 is 23.9 Å². The van der Waals surface area contributed by atoms with E-state index in [0.717, 1.165) is 0 Å². The molecule has 0 saturated carbocycles. The number of hydrogen-bond donors (Lipinski definition) is 1. The average molecular weight is 187 g/mol. The maximum Gasteiger partial charge on any atom is 0.325 e. The van der Waals surface area contributed by atoms with Gasteiger partial charge in [0.1, 0.15) is 0 Å². The third-order valence-corrected chi connectivity index (χ3v) is 3.70. The van der Waals surface area contributed by atoms with Gasteiger partial charge in [0.2, 0.25) is 0 Å². The van der Waals surface area contributed by atoms with Gasteiger partial charge in [-0.2, -0.15) is 0 Å². The van der Waals surface area contributed by atoms with Crippen molar-refractivity contribution in [3.8, 4) is 0 Å². The summed E-state index contributed by atoms with van der Waals surface area (Å²) >= 11 is 1.38. The number of carboxylic acid groups (broad SMARTS) is 1. The van der Waals surface area contributed by atoms with Crippen LogP contribution in [-0.2, 0) is 4.79 Å². The number of carbonyl (C=O) groups is 1. The quantitative estimate of drug-likeness (QED) is 0.678. The van der Waals surface area contributed by atoms with Gasteiger partial charge in [-0.25, -0.2) is 0 Å². The zero-order chi connectivity index (χ0) is 9.41. The Morgan fingerprint density at radius 2 is 2.25 bits per heavy atom. The predicted octanol–water partition coefficient (Wildman–Crippen LogP) is 1.63. The van der Waals surface area contributed by atoms with E-state index in [-0.39, 0.29) is 5.41 Å². The van der Waals surface area contributed by atoms with Crippen molar-refractivity contribution in [2.45, 2.75) is 25.5 Å². The fraction of sp³-hybridized carbons (Fsp3) is 0.750. The summed E-state index contributed by atoms with van der Waals surface area (Å²) in [6.07, 6.45) is 1.57. The lowest BCUT2D eigenvalue weighted by Gasteiger charge is -2.34. The summed E-state index contributed by atoms with van der Waals surface area (Å²) in [5.74, 6) is -0.231. The highest BCUT2D eigenvalue weighted by Gasteiger charge is 2.50. The summed E-state index contributed by atoms with van der Waals surface area (Å²) in [6.45, 7) is 5.77. The minimum Gasteiger partial charge on any atom is -0.480 e. The predicted molar refractivity (Wildman–Crippen MR) is 50.8 cm³/mol. The lowest BCUT2D eigenvalue weighted by Crippen LogP contribution is -2.47. The molecule has 0 aromatic rings. The fourth-order valence-corrected chi connectivity index (χ4v) is 2.25. The molecule has 0 fully saturated rings. The van der Waals surface area contributed by atoms with E-state index in [4.69, 9.17) is 5.11 Å². The van der Waals surface area contributed by atoms with Crippen molar-refractivity contribution in [3.05, 3.63) is 0 Å². The molecule has 1 unspecified atom stereocenters. The molecule has 1 atom stereocenters. The molecule has 1 N–H and O–H groups in total. The maximum absolute atomic E-state index is 11.1. The van der Waals surface area contributed by atoms with E-state index in [1.54, 1.807) is 6.21 Å². The van der Waals surface area contributed by atoms with Crippen LogP contribution in [0, 0.1) is 5.41 Å². The van der Waals surface area contributed by atoms with E-state index >= 15 is 0 Å². The first-order valence-electron chi connectivity index (χ1n) is 3.78. The van der Waals surface area contributed by atoms with Crippen molar-refractivity contribution < 1.29 is 9.90 Å². The standard InChI is InChI=1S/C8H13NO2S/c1-7(2,3)8(6(10)11)4-9-5-12-8/h4H,5H2,1-3H3,(H,10,11). The average Bonchev–Trinajstić information content (AvgIpc) is 2.31. The lowest BCUT2D eigenvalue weighted by molar-refractivity contribution is -0.140. The molecule has 0 amide bonds. The Labute approximate surface area is 76.3 Å². The SMILES string of the molecule is CC(C)(C)C1(C(=O)O)C=NCS1. The van der Waals surface area contributed by atoms with Crippen LogP contribution in [0.15, 0.2) is 4.99 Å². The highest BCUT2D eigenvalue weighted by Crippen LogP contribution is 2.43. The van der Waals surface area contributed by atoms with Crippen molar-refractivity contribution in [1.29, 1.82) is 0 Å². The molecule has 0 radical (unpaired) electrons. The summed E-state index contributed by atoms with van der Waals surface area (Å²) in [4.78, 5) is 15.0. The van der Waals surface area contributed by atoms with E-state index in [0.29, 0.717) is 5.88 Å². The van der Waals surface area contributed by atoms with Gasteiger partial charge in [-0.3, -0.25) is 9.79 Å². The van der Waals surface area contributed by atoms with Gasteiger partial charge in [0.25, 0.3) is 0 Å². The molecule has 0 bridgehead atoms. The van der Waals surface area contributed by atoms with Crippen LogP contribution in [-0.4, -0.2) is 27.9 Å². The summed E-state index contributed by atoms with van der Waals surface area (Å²) in [5.41, 5.74) is -0.288. The van der Waals surface area contributed by atoms with Crippen LogP contribution in [0.1, 0.15) is 20.8 Å². The van der Waals surface area contributed by atoms with Gasteiger partial charge in [-0.05, 0) is 5.41 Å². The van der Waals surface area contributed by atoms with E-state index in [9.17, 15) is 4.79 Å². The molecule has 0 spiro atoms. The molecule has 12 heavy (non-hydrogen) atoms. The molecule has 1 heterocycles. The van der Waals surface area contributed by atoms with E-state index in [1.165, 1.54) is 11.8 Å². The smallest absolute Gasteiger partial charge is 0.325 e. The number of aliphatic carboxylic acids is 1. The van der Waals surface area contributed by atoms with Crippen LogP contribution in [0.4, 0.5) is 0 Å².